The number of guanidine groups is 1. The van der Waals surface area contributed by atoms with Crippen LogP contribution in [-0.4, -0.2) is 77.1 Å². The van der Waals surface area contributed by atoms with Crippen LogP contribution in [0.5, 0.6) is 0 Å². The van der Waals surface area contributed by atoms with E-state index in [1.54, 1.807) is 6.92 Å². The van der Waals surface area contributed by atoms with Gasteiger partial charge in [0.1, 0.15) is 18.1 Å². The van der Waals surface area contributed by atoms with Crippen LogP contribution in [0.15, 0.2) is 4.99 Å². The molecular formula is C19H36N8O6S. The Morgan fingerprint density at radius 2 is 1.47 bits per heavy atom. The van der Waals surface area contributed by atoms with Crippen molar-refractivity contribution in [3.8, 4) is 0 Å². The number of thiol groups is 1. The van der Waals surface area contributed by atoms with Gasteiger partial charge < -0.3 is 44.0 Å². The molecule has 194 valence electrons. The molecule has 0 aliphatic rings. The molecule has 0 aliphatic carbocycles. The van der Waals surface area contributed by atoms with Crippen LogP contribution >= 0.6 is 12.6 Å². The van der Waals surface area contributed by atoms with Crippen molar-refractivity contribution < 1.29 is 29.1 Å². The zero-order valence-electron chi connectivity index (χ0n) is 19.3. The maximum atomic E-state index is 12.8. The lowest BCUT2D eigenvalue weighted by atomic mass is 9.99. The van der Waals surface area contributed by atoms with E-state index in [0.717, 1.165) is 0 Å². The number of aliphatic imine (C=N–C) groups is 1. The van der Waals surface area contributed by atoms with Crippen molar-refractivity contribution in [2.45, 2.75) is 63.7 Å². The van der Waals surface area contributed by atoms with Crippen LogP contribution in [0.1, 0.15) is 39.5 Å². The molecule has 0 heterocycles. The Hall–Kier alpha value is -3.07. The third-order valence-electron chi connectivity index (χ3n) is 4.97. The Labute approximate surface area is 203 Å². The van der Waals surface area contributed by atoms with Gasteiger partial charge in [-0.3, -0.25) is 24.2 Å². The number of carboxylic acid groups (broad SMARTS) is 1. The molecule has 0 bridgehead atoms. The van der Waals surface area contributed by atoms with Gasteiger partial charge in [-0.15, -0.1) is 0 Å². The van der Waals surface area contributed by atoms with Gasteiger partial charge in [0.15, 0.2) is 5.96 Å². The minimum absolute atomic E-state index is 0.0247. The van der Waals surface area contributed by atoms with Crippen LogP contribution < -0.4 is 38.9 Å². The summed E-state index contributed by atoms with van der Waals surface area (Å²) in [7, 11) is 0. The van der Waals surface area contributed by atoms with E-state index in [-0.39, 0.29) is 37.0 Å². The highest BCUT2D eigenvalue weighted by molar-refractivity contribution is 7.80. The summed E-state index contributed by atoms with van der Waals surface area (Å²) < 4.78 is 0. The first-order valence-electron chi connectivity index (χ1n) is 10.7. The molecule has 0 aliphatic heterocycles. The van der Waals surface area contributed by atoms with Gasteiger partial charge in [-0.05, 0) is 18.8 Å². The summed E-state index contributed by atoms with van der Waals surface area (Å²) >= 11 is 4.08. The second kappa shape index (κ2) is 15.7. The Bertz CT molecular complexity index is 761. The standard InChI is InChI=1S/C19H36N8O6S/c1-3-9(2)14(21)17(31)27-12(8-34)16(30)25-10(5-4-6-24-19(22)23)15(29)26-11(18(32)33)7-13(20)28/h9-12,14,34H,3-8,21H2,1-2H3,(H2,20,28)(H,25,30)(H,26,29)(H,27,31)(H,32,33)(H4,22,23,24). The summed E-state index contributed by atoms with van der Waals surface area (Å²) in [5.41, 5.74) is 21.5. The molecule has 5 unspecified atom stereocenters. The van der Waals surface area contributed by atoms with Crippen molar-refractivity contribution in [2.24, 2.45) is 33.8 Å². The molecule has 0 aromatic heterocycles. The third kappa shape index (κ3) is 11.7. The largest absolute Gasteiger partial charge is 0.480 e. The predicted molar refractivity (Wildman–Crippen MR) is 128 cm³/mol. The number of primary amides is 1. The molecule has 14 nitrogen and oxygen atoms in total. The molecule has 12 N–H and O–H groups in total. The summed E-state index contributed by atoms with van der Waals surface area (Å²) in [5.74, 6) is -4.94. The lowest BCUT2D eigenvalue weighted by molar-refractivity contribution is -0.143. The molecule has 0 radical (unpaired) electrons. The lowest BCUT2D eigenvalue weighted by Gasteiger charge is -2.25. The Balaban J connectivity index is 5.46. The molecule has 0 aromatic rings. The number of nitrogens with zero attached hydrogens (tertiary/aromatic N) is 1. The molecular weight excluding hydrogens is 468 g/mol. The van der Waals surface area contributed by atoms with Crippen LogP contribution in [-0.2, 0) is 24.0 Å². The summed E-state index contributed by atoms with van der Waals surface area (Å²) in [6, 6.07) is -4.77. The van der Waals surface area contributed by atoms with Crippen LogP contribution in [0, 0.1) is 5.92 Å². The maximum Gasteiger partial charge on any atom is 0.326 e. The molecule has 0 fully saturated rings. The van der Waals surface area contributed by atoms with Crippen LogP contribution in [0.4, 0.5) is 0 Å². The van der Waals surface area contributed by atoms with Gasteiger partial charge in [0.2, 0.25) is 23.6 Å². The van der Waals surface area contributed by atoms with Gasteiger partial charge in [0.05, 0.1) is 12.5 Å². The fourth-order valence-electron chi connectivity index (χ4n) is 2.69. The van der Waals surface area contributed by atoms with Crippen LogP contribution in [0.2, 0.25) is 0 Å². The normalized spacial score (nSPS) is 15.1. The monoisotopic (exact) mass is 504 g/mol. The lowest BCUT2D eigenvalue weighted by Crippen LogP contribution is -2.58. The summed E-state index contributed by atoms with van der Waals surface area (Å²) in [6.45, 7) is 3.80. The number of carboxylic acids is 1. The highest BCUT2D eigenvalue weighted by Crippen LogP contribution is 2.07. The third-order valence-corrected chi connectivity index (χ3v) is 5.34. The highest BCUT2D eigenvalue weighted by atomic mass is 32.1. The molecule has 0 rings (SSSR count). The first-order chi connectivity index (χ1) is 15.8. The number of carbonyl (C=O) groups excluding carboxylic acids is 4. The van der Waals surface area contributed by atoms with Crippen molar-refractivity contribution >= 4 is 48.2 Å². The number of carbonyl (C=O) groups is 5. The Morgan fingerprint density at radius 1 is 0.941 bits per heavy atom. The van der Waals surface area contributed by atoms with E-state index >= 15 is 0 Å². The number of hydrogen-bond acceptors (Lipinski definition) is 8. The number of amides is 4. The summed E-state index contributed by atoms with van der Waals surface area (Å²) in [4.78, 5) is 64.1. The zero-order valence-corrected chi connectivity index (χ0v) is 20.2. The van der Waals surface area contributed by atoms with Gasteiger partial charge in [-0.1, -0.05) is 20.3 Å². The van der Waals surface area contributed by atoms with Gasteiger partial charge >= 0.3 is 5.97 Å². The second-order valence-electron chi connectivity index (χ2n) is 7.73. The first kappa shape index (κ1) is 30.9. The minimum Gasteiger partial charge on any atom is -0.480 e. The number of nitrogens with two attached hydrogens (primary N) is 4. The molecule has 15 heteroatoms. The molecule has 0 aromatic carbocycles. The molecule has 0 saturated heterocycles. The summed E-state index contributed by atoms with van der Waals surface area (Å²) in [5, 5.41) is 16.4. The van der Waals surface area contributed by atoms with Crippen molar-refractivity contribution in [1.82, 2.24) is 16.0 Å². The van der Waals surface area contributed by atoms with E-state index in [2.05, 4.69) is 33.6 Å². The first-order valence-corrected chi connectivity index (χ1v) is 11.3. The number of rotatable bonds is 16. The molecule has 0 saturated carbocycles. The SMILES string of the molecule is CCC(C)C(N)C(=O)NC(CS)C(=O)NC(CCCN=C(N)N)C(=O)NC(CC(N)=O)C(=O)O. The second-order valence-corrected chi connectivity index (χ2v) is 8.10. The van der Waals surface area contributed by atoms with Crippen LogP contribution in [0.3, 0.4) is 0 Å². The van der Waals surface area contributed by atoms with Gasteiger partial charge in [-0.25, -0.2) is 4.79 Å². The highest BCUT2D eigenvalue weighted by Gasteiger charge is 2.30. The molecule has 4 amide bonds. The number of hydrogen-bond donors (Lipinski definition) is 9. The van der Waals surface area contributed by atoms with E-state index in [1.165, 1.54) is 0 Å². The van der Waals surface area contributed by atoms with Gasteiger partial charge in [0.25, 0.3) is 0 Å². The number of aliphatic carboxylic acids is 1. The smallest absolute Gasteiger partial charge is 0.326 e. The Kier molecular flexibility index (Phi) is 14.3. The van der Waals surface area contributed by atoms with E-state index < -0.39 is 60.2 Å². The fourth-order valence-corrected chi connectivity index (χ4v) is 2.95. The van der Waals surface area contributed by atoms with Gasteiger partial charge in [0, 0.05) is 12.3 Å². The molecule has 0 spiro atoms. The maximum absolute atomic E-state index is 12.8. The Morgan fingerprint density at radius 3 is 1.94 bits per heavy atom. The van der Waals surface area contributed by atoms with Crippen molar-refractivity contribution in [3.63, 3.8) is 0 Å². The molecule has 34 heavy (non-hydrogen) atoms. The average Bonchev–Trinajstić information content (AvgIpc) is 2.76. The quantitative estimate of drug-likeness (QED) is 0.0442. The summed E-state index contributed by atoms with van der Waals surface area (Å²) in [6.07, 6.45) is 0.288. The van der Waals surface area contributed by atoms with E-state index in [0.29, 0.717) is 6.42 Å². The predicted octanol–water partition coefficient (Wildman–Crippen LogP) is -3.24. The number of nitrogens with one attached hydrogen (secondary N) is 3. The van der Waals surface area contributed by atoms with E-state index in [4.69, 9.17) is 22.9 Å². The van der Waals surface area contributed by atoms with E-state index in [9.17, 15) is 29.1 Å². The van der Waals surface area contributed by atoms with Crippen molar-refractivity contribution in [2.75, 3.05) is 12.3 Å². The topological polar surface area (TPSA) is 258 Å². The molecule has 5 atom stereocenters. The van der Waals surface area contributed by atoms with Crippen molar-refractivity contribution in [3.05, 3.63) is 0 Å². The van der Waals surface area contributed by atoms with Crippen LogP contribution in [0.25, 0.3) is 0 Å². The van der Waals surface area contributed by atoms with Crippen molar-refractivity contribution in [1.29, 1.82) is 0 Å². The minimum atomic E-state index is -1.59. The zero-order chi connectivity index (χ0) is 26.4. The van der Waals surface area contributed by atoms with Gasteiger partial charge in [-0.2, -0.15) is 12.6 Å². The average molecular weight is 505 g/mol. The fraction of sp³-hybridized carbons (Fsp3) is 0.684. The van der Waals surface area contributed by atoms with E-state index in [1.807, 2.05) is 6.92 Å².